The van der Waals surface area contributed by atoms with E-state index in [-0.39, 0.29) is 35.7 Å². The molecule has 0 bridgehead atoms. The van der Waals surface area contributed by atoms with Crippen LogP contribution in [0.2, 0.25) is 0 Å². The zero-order valence-corrected chi connectivity index (χ0v) is 8.95. The molecule has 0 fully saturated rings. The first-order chi connectivity index (χ1) is 4.54. The fourth-order valence-corrected chi connectivity index (χ4v) is 0. The molecule has 5 nitrogen and oxygen atoms in total. The summed E-state index contributed by atoms with van der Waals surface area (Å²) in [4.78, 5) is 18.4. The Morgan fingerprint density at radius 1 is 1.25 bits per heavy atom. The number of aliphatic carboxylic acids is 2. The summed E-state index contributed by atoms with van der Waals surface area (Å²) in [5.41, 5.74) is 0. The second-order valence-corrected chi connectivity index (χ2v) is 1.07. The van der Waals surface area contributed by atoms with Crippen molar-refractivity contribution in [2.45, 2.75) is 0 Å². The van der Waals surface area contributed by atoms with E-state index in [1.807, 2.05) is 0 Å². The summed E-state index contributed by atoms with van der Waals surface area (Å²) in [6.45, 7) is 5.86. The first-order valence-electron chi connectivity index (χ1n) is 2.23. The average Bonchev–Trinajstić information content (AvgIpc) is 1.89. The summed E-state index contributed by atoms with van der Waals surface area (Å²) in [7, 11) is 0. The van der Waals surface area contributed by atoms with Gasteiger partial charge in [0.15, 0.2) is 0 Å². The Morgan fingerprint density at radius 3 is 1.42 bits per heavy atom. The normalized spacial score (nSPS) is 5.33. The van der Waals surface area contributed by atoms with E-state index in [9.17, 15) is 4.79 Å². The largest absolute Gasteiger partial charge is 1.00 e. The van der Waals surface area contributed by atoms with E-state index in [2.05, 4.69) is 13.2 Å². The summed E-state index contributed by atoms with van der Waals surface area (Å²) < 4.78 is 0. The van der Waals surface area contributed by atoms with Gasteiger partial charge in [-0.05, 0) is 6.08 Å². The van der Waals surface area contributed by atoms with Gasteiger partial charge in [-0.1, -0.05) is 13.2 Å². The molecule has 0 saturated heterocycles. The third-order valence-corrected chi connectivity index (χ3v) is 0.341. The van der Waals surface area contributed by atoms with Crippen LogP contribution in [0.15, 0.2) is 25.3 Å². The Bertz CT molecular complexity index is 140. The van der Waals surface area contributed by atoms with Gasteiger partial charge in [0, 0.05) is 6.08 Å². The molecule has 0 unspecified atom stereocenters. The van der Waals surface area contributed by atoms with Gasteiger partial charge in [0.25, 0.3) is 0 Å². The van der Waals surface area contributed by atoms with Gasteiger partial charge in [0.05, 0.1) is 5.97 Å². The van der Waals surface area contributed by atoms with Gasteiger partial charge >= 0.3 is 35.5 Å². The van der Waals surface area contributed by atoms with E-state index >= 15 is 0 Å². The maximum atomic E-state index is 9.25. The van der Waals surface area contributed by atoms with Gasteiger partial charge in [0.1, 0.15) is 0 Å². The van der Waals surface area contributed by atoms with Crippen molar-refractivity contribution in [2.75, 3.05) is 0 Å². The molecule has 6 heteroatoms. The molecule has 0 spiro atoms. The number of carbonyl (C=O) groups is 2. The van der Waals surface area contributed by atoms with Gasteiger partial charge < -0.3 is 21.2 Å². The smallest absolute Gasteiger partial charge is 0.545 e. The molecule has 0 atom stereocenters. The van der Waals surface area contributed by atoms with Crippen LogP contribution in [0.3, 0.4) is 0 Å². The second-order valence-electron chi connectivity index (χ2n) is 1.07. The van der Waals surface area contributed by atoms with Crippen LogP contribution in [0.4, 0.5) is 0 Å². The monoisotopic (exact) mass is 183 g/mol. The van der Waals surface area contributed by atoms with E-state index < -0.39 is 11.9 Å². The van der Waals surface area contributed by atoms with Crippen LogP contribution in [-0.4, -0.2) is 17.0 Å². The van der Waals surface area contributed by atoms with Crippen molar-refractivity contribution in [3.05, 3.63) is 25.3 Å². The zero-order valence-electron chi connectivity index (χ0n) is 6.95. The van der Waals surface area contributed by atoms with Crippen molar-refractivity contribution >= 4 is 11.9 Å². The molecule has 0 saturated carbocycles. The number of rotatable bonds is 2. The number of carbonyl (C=O) groups excluding carboxylic acids is 1. The van der Waals surface area contributed by atoms with E-state index in [0.717, 1.165) is 12.2 Å². The van der Waals surface area contributed by atoms with Crippen molar-refractivity contribution in [1.82, 2.24) is 6.15 Å². The fraction of sp³-hybridized carbons (Fsp3) is 0. The number of carboxylic acids is 2. The Morgan fingerprint density at radius 2 is 1.42 bits per heavy atom. The standard InChI is InChI=1S/2C3H4O2.H3N.Na/c2*1-2-3(4)5;;/h2*2H,1H2,(H,4,5);1H3;/q;;;+1/p-1. The summed E-state index contributed by atoms with van der Waals surface area (Å²) in [6.07, 6.45) is 1.56. The average molecular weight is 183 g/mol. The quantitative estimate of drug-likeness (QED) is 0.338. The predicted octanol–water partition coefficient (Wildman–Crippen LogP) is -3.65. The van der Waals surface area contributed by atoms with Crippen molar-refractivity contribution in [3.8, 4) is 0 Å². The maximum Gasteiger partial charge on any atom is 1.00 e. The van der Waals surface area contributed by atoms with Crippen LogP contribution in [0, 0.1) is 0 Å². The summed E-state index contributed by atoms with van der Waals surface area (Å²) >= 11 is 0. The van der Waals surface area contributed by atoms with E-state index in [1.54, 1.807) is 0 Å². The zero-order chi connectivity index (χ0) is 8.57. The minimum absolute atomic E-state index is 0. The van der Waals surface area contributed by atoms with E-state index in [4.69, 9.17) is 15.0 Å². The SMILES string of the molecule is C=CC(=O)O.C=CC(=O)[O-].N.[Na+]. The molecule has 4 N–H and O–H groups in total. The number of carboxylic acid groups (broad SMARTS) is 2. The van der Waals surface area contributed by atoms with Crippen LogP contribution in [0.25, 0.3) is 0 Å². The molecule has 0 radical (unpaired) electrons. The van der Waals surface area contributed by atoms with E-state index in [0.29, 0.717) is 0 Å². The van der Waals surface area contributed by atoms with Crippen molar-refractivity contribution in [2.24, 2.45) is 0 Å². The molecule has 0 aromatic rings. The van der Waals surface area contributed by atoms with Crippen molar-refractivity contribution in [3.63, 3.8) is 0 Å². The number of hydrogen-bond donors (Lipinski definition) is 2. The fourth-order valence-electron chi connectivity index (χ4n) is 0. The summed E-state index contributed by atoms with van der Waals surface area (Å²) in [6, 6.07) is 0. The summed E-state index contributed by atoms with van der Waals surface area (Å²) in [5.74, 6) is -2.21. The maximum absolute atomic E-state index is 9.25. The Balaban J connectivity index is -0.0000000457. The van der Waals surface area contributed by atoms with Crippen LogP contribution in [-0.2, 0) is 9.59 Å². The molecule has 0 amide bonds. The molecule has 0 aromatic carbocycles. The summed E-state index contributed by atoms with van der Waals surface area (Å²) in [5, 5.41) is 16.7. The molecule has 0 aliphatic rings. The van der Waals surface area contributed by atoms with Gasteiger partial charge in [-0.25, -0.2) is 4.79 Å². The molecule has 0 aromatic heterocycles. The first kappa shape index (κ1) is 22.5. The van der Waals surface area contributed by atoms with Crippen LogP contribution < -0.4 is 40.8 Å². The third-order valence-electron chi connectivity index (χ3n) is 0.341. The van der Waals surface area contributed by atoms with Crippen LogP contribution in [0.1, 0.15) is 0 Å². The van der Waals surface area contributed by atoms with Crippen LogP contribution in [0.5, 0.6) is 0 Å². The van der Waals surface area contributed by atoms with E-state index in [1.165, 1.54) is 0 Å². The molecule has 0 aliphatic heterocycles. The Hall–Kier alpha value is -0.620. The topological polar surface area (TPSA) is 112 Å². The number of hydrogen-bond acceptors (Lipinski definition) is 4. The van der Waals surface area contributed by atoms with Gasteiger partial charge in [-0.15, -0.1) is 0 Å². The second kappa shape index (κ2) is 16.8. The first-order valence-corrected chi connectivity index (χ1v) is 2.23. The van der Waals surface area contributed by atoms with Crippen LogP contribution >= 0.6 is 0 Å². The minimum Gasteiger partial charge on any atom is -0.545 e. The van der Waals surface area contributed by atoms with Crippen molar-refractivity contribution < 1.29 is 49.4 Å². The Labute approximate surface area is 92.7 Å². The predicted molar refractivity (Wildman–Crippen MR) is 38.1 cm³/mol. The van der Waals surface area contributed by atoms with Crippen molar-refractivity contribution in [1.29, 1.82) is 0 Å². The molecule has 64 valence electrons. The Kier molecular flexibility index (Phi) is 31.5. The third kappa shape index (κ3) is 57.7. The molecule has 12 heavy (non-hydrogen) atoms. The van der Waals surface area contributed by atoms with Gasteiger partial charge in [-0.3, -0.25) is 0 Å². The molecule has 0 aliphatic carbocycles. The molecule has 0 heterocycles. The minimum atomic E-state index is -1.23. The van der Waals surface area contributed by atoms with Gasteiger partial charge in [0.2, 0.25) is 0 Å². The van der Waals surface area contributed by atoms with Gasteiger partial charge in [-0.2, -0.15) is 0 Å². The molecule has 0 rings (SSSR count). The molecular weight excluding hydrogens is 173 g/mol. The molecular formula is C6H10NNaO4.